The third-order valence-electron chi connectivity index (χ3n) is 2.87. The van der Waals surface area contributed by atoms with Crippen LogP contribution in [0.1, 0.15) is 24.2 Å². The Kier molecular flexibility index (Phi) is 5.44. The molecule has 0 aromatic heterocycles. The van der Waals surface area contributed by atoms with Gasteiger partial charge in [0.2, 0.25) is 0 Å². The van der Waals surface area contributed by atoms with Crippen molar-refractivity contribution in [2.75, 3.05) is 25.5 Å². The second-order valence-corrected chi connectivity index (χ2v) is 4.93. The molecular weight excluding hydrogens is 252 g/mol. The molecule has 0 unspecified atom stereocenters. The number of nitrogens with one attached hydrogen (secondary N) is 1. The third kappa shape index (κ3) is 4.20. The van der Waals surface area contributed by atoms with Gasteiger partial charge < -0.3 is 15.3 Å². The maximum Gasteiger partial charge on any atom is 0.337 e. The van der Waals surface area contributed by atoms with Crippen LogP contribution in [-0.2, 0) is 0 Å². The fourth-order valence-corrected chi connectivity index (χ4v) is 1.64. The van der Waals surface area contributed by atoms with E-state index < -0.39 is 5.97 Å². The molecule has 0 aliphatic rings. The molecule has 0 aliphatic carbocycles. The molecule has 0 atom stereocenters. The highest BCUT2D eigenvalue weighted by Crippen LogP contribution is 2.20. The van der Waals surface area contributed by atoms with Crippen LogP contribution >= 0.6 is 11.6 Å². The average Bonchev–Trinajstić information content (AvgIpc) is 2.30. The zero-order valence-corrected chi connectivity index (χ0v) is 11.7. The Hall–Kier alpha value is -1.26. The Morgan fingerprint density at radius 3 is 2.72 bits per heavy atom. The van der Waals surface area contributed by atoms with Gasteiger partial charge in [0.1, 0.15) is 0 Å². The molecule has 0 saturated heterocycles. The summed E-state index contributed by atoms with van der Waals surface area (Å²) >= 11 is 5.79. The van der Waals surface area contributed by atoms with Crippen LogP contribution in [0.15, 0.2) is 18.2 Å². The van der Waals surface area contributed by atoms with Gasteiger partial charge in [-0.2, -0.15) is 0 Å². The van der Waals surface area contributed by atoms with E-state index in [1.807, 2.05) is 7.05 Å². The number of aromatic carboxylic acids is 1. The Labute approximate surface area is 113 Å². The van der Waals surface area contributed by atoms with Crippen molar-refractivity contribution in [1.29, 1.82) is 0 Å². The van der Waals surface area contributed by atoms with E-state index in [0.29, 0.717) is 23.3 Å². The van der Waals surface area contributed by atoms with E-state index in [2.05, 4.69) is 24.1 Å². The zero-order chi connectivity index (χ0) is 13.7. The van der Waals surface area contributed by atoms with Crippen LogP contribution in [0.25, 0.3) is 0 Å². The fraction of sp³-hybridized carbons (Fsp3) is 0.462. The Morgan fingerprint density at radius 2 is 2.17 bits per heavy atom. The molecule has 18 heavy (non-hydrogen) atoms. The van der Waals surface area contributed by atoms with Gasteiger partial charge in [0.15, 0.2) is 0 Å². The van der Waals surface area contributed by atoms with Gasteiger partial charge in [-0.05, 0) is 39.1 Å². The van der Waals surface area contributed by atoms with Gasteiger partial charge in [-0.15, -0.1) is 0 Å². The number of carbonyl (C=O) groups is 1. The SMILES string of the molecule is CC(C)N(C)CCNc1ccc(Cl)cc1C(=O)O. The number of rotatable bonds is 6. The fourth-order valence-electron chi connectivity index (χ4n) is 1.47. The Morgan fingerprint density at radius 1 is 1.50 bits per heavy atom. The van der Waals surface area contributed by atoms with Crippen LogP contribution in [-0.4, -0.2) is 42.2 Å². The molecular formula is C13H19ClN2O2. The zero-order valence-electron chi connectivity index (χ0n) is 10.9. The first-order valence-corrected chi connectivity index (χ1v) is 6.26. The van der Waals surface area contributed by atoms with Crippen molar-refractivity contribution in [3.05, 3.63) is 28.8 Å². The molecule has 100 valence electrons. The lowest BCUT2D eigenvalue weighted by Crippen LogP contribution is -2.31. The van der Waals surface area contributed by atoms with E-state index in [4.69, 9.17) is 16.7 Å². The lowest BCUT2D eigenvalue weighted by atomic mass is 10.2. The van der Waals surface area contributed by atoms with Crippen molar-refractivity contribution in [3.63, 3.8) is 0 Å². The molecule has 0 amide bonds. The van der Waals surface area contributed by atoms with Gasteiger partial charge in [-0.1, -0.05) is 11.6 Å². The minimum Gasteiger partial charge on any atom is -0.478 e. The number of nitrogens with zero attached hydrogens (tertiary/aromatic N) is 1. The molecule has 0 saturated carbocycles. The topological polar surface area (TPSA) is 52.6 Å². The summed E-state index contributed by atoms with van der Waals surface area (Å²) in [7, 11) is 2.03. The normalized spacial score (nSPS) is 11.0. The first-order chi connectivity index (χ1) is 8.41. The number of anilines is 1. The van der Waals surface area contributed by atoms with E-state index in [-0.39, 0.29) is 5.56 Å². The Balaban J connectivity index is 2.65. The van der Waals surface area contributed by atoms with Crippen LogP contribution in [0, 0.1) is 0 Å². The summed E-state index contributed by atoms with van der Waals surface area (Å²) in [6.07, 6.45) is 0. The molecule has 5 heteroatoms. The number of hydrogen-bond donors (Lipinski definition) is 2. The molecule has 0 spiro atoms. The third-order valence-corrected chi connectivity index (χ3v) is 3.11. The van der Waals surface area contributed by atoms with Crippen LogP contribution in [0.4, 0.5) is 5.69 Å². The molecule has 0 aliphatic heterocycles. The van der Waals surface area contributed by atoms with E-state index in [0.717, 1.165) is 6.54 Å². The molecule has 0 heterocycles. The van der Waals surface area contributed by atoms with E-state index in [1.165, 1.54) is 6.07 Å². The van der Waals surface area contributed by atoms with Gasteiger partial charge in [0.25, 0.3) is 0 Å². The largest absolute Gasteiger partial charge is 0.478 e. The van der Waals surface area contributed by atoms with Crippen molar-refractivity contribution in [1.82, 2.24) is 4.90 Å². The van der Waals surface area contributed by atoms with Crippen molar-refractivity contribution in [3.8, 4) is 0 Å². The standard InChI is InChI=1S/C13H19ClN2O2/c1-9(2)16(3)7-6-15-12-5-4-10(14)8-11(12)13(17)18/h4-5,8-9,15H,6-7H2,1-3H3,(H,17,18). The summed E-state index contributed by atoms with van der Waals surface area (Å²) in [5.41, 5.74) is 0.804. The maximum absolute atomic E-state index is 11.1. The first-order valence-electron chi connectivity index (χ1n) is 5.88. The van der Waals surface area contributed by atoms with Crippen molar-refractivity contribution in [2.45, 2.75) is 19.9 Å². The van der Waals surface area contributed by atoms with Crippen molar-refractivity contribution in [2.24, 2.45) is 0 Å². The number of hydrogen-bond acceptors (Lipinski definition) is 3. The summed E-state index contributed by atoms with van der Waals surface area (Å²) in [5.74, 6) is -0.975. The Bertz CT molecular complexity index is 421. The summed E-state index contributed by atoms with van der Waals surface area (Å²) < 4.78 is 0. The summed E-state index contributed by atoms with van der Waals surface area (Å²) in [6, 6.07) is 5.30. The molecule has 4 nitrogen and oxygen atoms in total. The maximum atomic E-state index is 11.1. The average molecular weight is 271 g/mol. The summed E-state index contributed by atoms with van der Waals surface area (Å²) in [6.45, 7) is 5.77. The highest BCUT2D eigenvalue weighted by atomic mass is 35.5. The van der Waals surface area contributed by atoms with Gasteiger partial charge in [0.05, 0.1) is 5.56 Å². The predicted octanol–water partition coefficient (Wildman–Crippen LogP) is 2.79. The number of carboxylic acids is 1. The molecule has 1 aromatic rings. The van der Waals surface area contributed by atoms with Crippen molar-refractivity contribution >= 4 is 23.3 Å². The second kappa shape index (κ2) is 6.61. The highest BCUT2D eigenvalue weighted by Gasteiger charge is 2.10. The van der Waals surface area contributed by atoms with Gasteiger partial charge in [0, 0.05) is 29.8 Å². The number of halogens is 1. The minimum atomic E-state index is -0.975. The monoisotopic (exact) mass is 270 g/mol. The quantitative estimate of drug-likeness (QED) is 0.835. The van der Waals surface area contributed by atoms with Gasteiger partial charge >= 0.3 is 5.97 Å². The van der Waals surface area contributed by atoms with Gasteiger partial charge in [-0.25, -0.2) is 4.79 Å². The molecule has 0 fully saturated rings. The molecule has 1 aromatic carbocycles. The van der Waals surface area contributed by atoms with Crippen molar-refractivity contribution < 1.29 is 9.90 Å². The predicted molar refractivity (Wildman–Crippen MR) is 74.7 cm³/mol. The smallest absolute Gasteiger partial charge is 0.337 e. The van der Waals surface area contributed by atoms with Gasteiger partial charge in [-0.3, -0.25) is 0 Å². The molecule has 0 radical (unpaired) electrons. The van der Waals surface area contributed by atoms with E-state index >= 15 is 0 Å². The van der Waals surface area contributed by atoms with E-state index in [1.54, 1.807) is 12.1 Å². The lowest BCUT2D eigenvalue weighted by molar-refractivity contribution is 0.0698. The first kappa shape index (κ1) is 14.8. The molecule has 1 rings (SSSR count). The van der Waals surface area contributed by atoms with Crippen LogP contribution in [0.2, 0.25) is 5.02 Å². The number of carboxylic acid groups (broad SMARTS) is 1. The van der Waals surface area contributed by atoms with Crippen LogP contribution in [0.5, 0.6) is 0 Å². The summed E-state index contributed by atoms with van der Waals surface area (Å²) in [4.78, 5) is 13.3. The highest BCUT2D eigenvalue weighted by molar-refractivity contribution is 6.31. The summed E-state index contributed by atoms with van der Waals surface area (Å²) in [5, 5.41) is 12.6. The van der Waals surface area contributed by atoms with Crippen LogP contribution in [0.3, 0.4) is 0 Å². The molecule has 0 bridgehead atoms. The lowest BCUT2D eigenvalue weighted by Gasteiger charge is -2.21. The second-order valence-electron chi connectivity index (χ2n) is 4.50. The number of benzene rings is 1. The van der Waals surface area contributed by atoms with Crippen LogP contribution < -0.4 is 5.32 Å². The number of likely N-dealkylation sites (N-methyl/N-ethyl adjacent to an activating group) is 1. The van der Waals surface area contributed by atoms with E-state index in [9.17, 15) is 4.79 Å². The minimum absolute atomic E-state index is 0.203. The molecule has 2 N–H and O–H groups in total.